The summed E-state index contributed by atoms with van der Waals surface area (Å²) in [4.78, 5) is 15.3. The second-order valence-corrected chi connectivity index (χ2v) is 5.96. The van der Waals surface area contributed by atoms with E-state index in [9.17, 15) is 4.79 Å². The van der Waals surface area contributed by atoms with Crippen LogP contribution < -0.4 is 5.46 Å². The zero-order valence-electron chi connectivity index (χ0n) is 13.0. The highest BCUT2D eigenvalue weighted by Gasteiger charge is 2.51. The molecule has 5 nitrogen and oxygen atoms in total. The van der Waals surface area contributed by atoms with Crippen LogP contribution >= 0.6 is 0 Å². The number of hydrogen-bond acceptors (Lipinski definition) is 5. The Labute approximate surface area is 125 Å². The molecule has 0 spiro atoms. The van der Waals surface area contributed by atoms with Gasteiger partial charge in [-0.1, -0.05) is 6.07 Å². The molecule has 0 atom stereocenters. The molecule has 1 saturated heterocycles. The maximum Gasteiger partial charge on any atom is 0.496 e. The largest absolute Gasteiger partial charge is 0.496 e. The van der Waals surface area contributed by atoms with E-state index in [0.29, 0.717) is 5.69 Å². The van der Waals surface area contributed by atoms with Crippen molar-refractivity contribution in [2.24, 2.45) is 0 Å². The van der Waals surface area contributed by atoms with Crippen molar-refractivity contribution < 1.29 is 18.8 Å². The van der Waals surface area contributed by atoms with E-state index in [0.717, 1.165) is 5.46 Å². The first kappa shape index (κ1) is 15.7. The van der Waals surface area contributed by atoms with Gasteiger partial charge >= 0.3 is 13.1 Å². The van der Waals surface area contributed by atoms with E-state index in [1.807, 2.05) is 33.8 Å². The topological polar surface area (TPSA) is 57.7 Å². The number of rotatable bonds is 3. The molecule has 0 radical (unpaired) electrons. The van der Waals surface area contributed by atoms with E-state index in [1.54, 1.807) is 18.3 Å². The SMILES string of the molecule is COC(=O)C=Cc1ccc(B2OC(C)(C)C(C)(C)O2)cn1. The Balaban J connectivity index is 2.10. The normalized spacial score (nSPS) is 20.0. The highest BCUT2D eigenvalue weighted by atomic mass is 16.7. The Hall–Kier alpha value is -1.66. The summed E-state index contributed by atoms with van der Waals surface area (Å²) in [5.41, 5.74) is 0.770. The molecule has 21 heavy (non-hydrogen) atoms. The summed E-state index contributed by atoms with van der Waals surface area (Å²) < 4.78 is 16.4. The van der Waals surface area contributed by atoms with E-state index in [-0.39, 0.29) is 11.2 Å². The van der Waals surface area contributed by atoms with Crippen molar-refractivity contribution in [2.75, 3.05) is 7.11 Å². The fourth-order valence-electron chi connectivity index (χ4n) is 1.86. The first-order valence-electron chi connectivity index (χ1n) is 6.83. The fourth-order valence-corrected chi connectivity index (χ4v) is 1.86. The Morgan fingerprint density at radius 3 is 2.33 bits per heavy atom. The van der Waals surface area contributed by atoms with Crippen LogP contribution in [0.2, 0.25) is 0 Å². The number of nitrogens with zero attached hydrogens (tertiary/aromatic N) is 1. The molecule has 1 aliphatic heterocycles. The van der Waals surface area contributed by atoms with Gasteiger partial charge in [0, 0.05) is 17.7 Å². The van der Waals surface area contributed by atoms with Gasteiger partial charge < -0.3 is 14.0 Å². The summed E-state index contributed by atoms with van der Waals surface area (Å²) in [5, 5.41) is 0. The first-order valence-corrected chi connectivity index (χ1v) is 6.83. The van der Waals surface area contributed by atoms with Crippen LogP contribution in [0, 0.1) is 0 Å². The molecule has 1 fully saturated rings. The Morgan fingerprint density at radius 1 is 1.24 bits per heavy atom. The number of esters is 1. The van der Waals surface area contributed by atoms with Crippen molar-refractivity contribution in [3.63, 3.8) is 0 Å². The zero-order chi connectivity index (χ0) is 15.7. The fraction of sp³-hybridized carbons (Fsp3) is 0.467. The molecule has 0 aromatic carbocycles. The average Bonchev–Trinajstić information content (AvgIpc) is 2.65. The van der Waals surface area contributed by atoms with E-state index < -0.39 is 13.1 Å². The zero-order valence-corrected chi connectivity index (χ0v) is 13.0. The van der Waals surface area contributed by atoms with Gasteiger partial charge in [-0.05, 0) is 39.8 Å². The lowest BCUT2D eigenvalue weighted by Gasteiger charge is -2.32. The number of methoxy groups -OCH3 is 1. The van der Waals surface area contributed by atoms with Gasteiger partial charge in [0.1, 0.15) is 0 Å². The summed E-state index contributed by atoms with van der Waals surface area (Å²) >= 11 is 0. The van der Waals surface area contributed by atoms with Crippen LogP contribution in [0.3, 0.4) is 0 Å². The quantitative estimate of drug-likeness (QED) is 0.480. The molecule has 0 amide bonds. The minimum absolute atomic E-state index is 0.374. The summed E-state index contributed by atoms with van der Waals surface area (Å²) in [6, 6.07) is 3.69. The summed E-state index contributed by atoms with van der Waals surface area (Å²) in [5.74, 6) is -0.410. The summed E-state index contributed by atoms with van der Waals surface area (Å²) in [7, 11) is 0.905. The minimum atomic E-state index is -0.430. The highest BCUT2D eigenvalue weighted by Crippen LogP contribution is 2.36. The molecule has 1 aromatic heterocycles. The van der Waals surface area contributed by atoms with E-state index in [2.05, 4.69) is 9.72 Å². The third kappa shape index (κ3) is 3.33. The molecule has 2 heterocycles. The van der Waals surface area contributed by atoms with Crippen LogP contribution in [0.4, 0.5) is 0 Å². The van der Waals surface area contributed by atoms with Gasteiger partial charge in [0.05, 0.1) is 24.0 Å². The van der Waals surface area contributed by atoms with Gasteiger partial charge in [-0.2, -0.15) is 0 Å². The molecule has 2 rings (SSSR count). The lowest BCUT2D eigenvalue weighted by atomic mass is 9.80. The molecule has 0 aliphatic carbocycles. The van der Waals surface area contributed by atoms with Crippen LogP contribution in [0.25, 0.3) is 6.08 Å². The maximum atomic E-state index is 11.0. The Kier molecular flexibility index (Phi) is 4.21. The first-order chi connectivity index (χ1) is 9.75. The van der Waals surface area contributed by atoms with Crippen molar-refractivity contribution in [3.05, 3.63) is 30.1 Å². The van der Waals surface area contributed by atoms with E-state index in [1.165, 1.54) is 13.2 Å². The second-order valence-electron chi connectivity index (χ2n) is 5.96. The van der Waals surface area contributed by atoms with Crippen molar-refractivity contribution in [1.29, 1.82) is 0 Å². The summed E-state index contributed by atoms with van der Waals surface area (Å²) in [6.45, 7) is 8.03. The predicted octanol–water partition coefficient (Wildman–Crippen LogP) is 1.57. The van der Waals surface area contributed by atoms with Gasteiger partial charge in [-0.3, -0.25) is 4.98 Å². The number of ether oxygens (including phenoxy) is 1. The number of hydrogen-bond donors (Lipinski definition) is 0. The molecule has 1 aliphatic rings. The average molecular weight is 289 g/mol. The van der Waals surface area contributed by atoms with Crippen LogP contribution in [-0.2, 0) is 18.8 Å². The van der Waals surface area contributed by atoms with Gasteiger partial charge in [0.15, 0.2) is 0 Å². The molecule has 1 aromatic rings. The molecule has 0 saturated carbocycles. The molecule has 0 unspecified atom stereocenters. The smallest absolute Gasteiger partial charge is 0.466 e. The lowest BCUT2D eigenvalue weighted by molar-refractivity contribution is -0.134. The number of aromatic nitrogens is 1. The summed E-state index contributed by atoms with van der Waals surface area (Å²) in [6.07, 6.45) is 4.62. The van der Waals surface area contributed by atoms with Crippen molar-refractivity contribution in [2.45, 2.75) is 38.9 Å². The van der Waals surface area contributed by atoms with Gasteiger partial charge in [0.25, 0.3) is 0 Å². The third-order valence-corrected chi connectivity index (χ3v) is 3.93. The molecule has 0 N–H and O–H groups in total. The van der Waals surface area contributed by atoms with Crippen molar-refractivity contribution in [3.8, 4) is 0 Å². The number of carbonyl (C=O) groups excluding carboxylic acids is 1. The van der Waals surface area contributed by atoms with Crippen LogP contribution in [0.5, 0.6) is 0 Å². The molecule has 0 bridgehead atoms. The Morgan fingerprint density at radius 2 is 1.86 bits per heavy atom. The number of carbonyl (C=O) groups is 1. The van der Waals surface area contributed by atoms with Gasteiger partial charge in [-0.15, -0.1) is 0 Å². The van der Waals surface area contributed by atoms with Crippen molar-refractivity contribution in [1.82, 2.24) is 4.98 Å². The standard InChI is InChI=1S/C15H20BNO4/c1-14(2)15(3,4)21-16(20-14)11-6-7-12(17-10-11)8-9-13(18)19-5/h6-10H,1-5H3. The molecular weight excluding hydrogens is 269 g/mol. The van der Waals surface area contributed by atoms with Gasteiger partial charge in [-0.25, -0.2) is 4.79 Å². The lowest BCUT2D eigenvalue weighted by Crippen LogP contribution is -2.41. The maximum absolute atomic E-state index is 11.0. The molecule has 112 valence electrons. The van der Waals surface area contributed by atoms with E-state index >= 15 is 0 Å². The van der Waals surface area contributed by atoms with E-state index in [4.69, 9.17) is 9.31 Å². The predicted molar refractivity (Wildman–Crippen MR) is 81.0 cm³/mol. The monoisotopic (exact) mass is 289 g/mol. The van der Waals surface area contributed by atoms with Gasteiger partial charge in [0.2, 0.25) is 0 Å². The van der Waals surface area contributed by atoms with Crippen LogP contribution in [-0.4, -0.2) is 36.4 Å². The third-order valence-electron chi connectivity index (χ3n) is 3.93. The Bertz CT molecular complexity index is 535. The molecule has 6 heteroatoms. The minimum Gasteiger partial charge on any atom is -0.466 e. The van der Waals surface area contributed by atoms with Crippen LogP contribution in [0.15, 0.2) is 24.4 Å². The van der Waals surface area contributed by atoms with Crippen molar-refractivity contribution >= 4 is 24.6 Å². The van der Waals surface area contributed by atoms with Crippen LogP contribution in [0.1, 0.15) is 33.4 Å². The highest BCUT2D eigenvalue weighted by molar-refractivity contribution is 6.62. The second kappa shape index (κ2) is 5.62. The molecular formula is C15H20BNO4. The number of pyridine rings is 1.